The number of methoxy groups -OCH3 is 1. The van der Waals surface area contributed by atoms with Crippen molar-refractivity contribution in [1.29, 1.82) is 0 Å². The van der Waals surface area contributed by atoms with Gasteiger partial charge in [0, 0.05) is 54.4 Å². The third-order valence-corrected chi connectivity index (χ3v) is 1.23. The summed E-state index contributed by atoms with van der Waals surface area (Å²) in [4.78, 5) is 19.6. The maximum absolute atomic E-state index is 10.4. The number of primary amides is 1. The molecular formula is C9H11BaNO4. The van der Waals surface area contributed by atoms with Crippen LogP contribution in [0.5, 0.6) is 0 Å². The van der Waals surface area contributed by atoms with Crippen LogP contribution in [0.25, 0.3) is 0 Å². The number of carboxylic acid groups (broad SMARTS) is 1. The van der Waals surface area contributed by atoms with Crippen molar-refractivity contribution < 1.29 is 19.4 Å². The van der Waals surface area contributed by atoms with Crippen LogP contribution in [0, 0.1) is 0 Å². The molecule has 5 nitrogen and oxygen atoms in total. The van der Waals surface area contributed by atoms with E-state index in [9.17, 15) is 4.79 Å². The number of hydrogen-bond donors (Lipinski definition) is 2. The summed E-state index contributed by atoms with van der Waals surface area (Å²) in [6.45, 7) is 0. The predicted molar refractivity (Wildman–Crippen MR) is 55.7 cm³/mol. The molecule has 0 atom stereocenters. The first-order valence-electron chi connectivity index (χ1n) is 3.69. The number of amides is 1. The molecule has 2 radical (unpaired) electrons. The van der Waals surface area contributed by atoms with E-state index < -0.39 is 6.16 Å². The van der Waals surface area contributed by atoms with Gasteiger partial charge in [-0.25, -0.2) is 4.79 Å². The van der Waals surface area contributed by atoms with E-state index in [0.717, 1.165) is 7.11 Å². The number of nitrogens with two attached hydrogens (primary N) is 1. The molecule has 1 rings (SSSR count). The standard InChI is InChI=1S/C7H7NO.C2H4O3.Ba/c8-7(9)6-4-2-1-3-5-6;1-5-2(3)4;/h1-5H,(H2,8,9);1H3,(H,3,4);. The van der Waals surface area contributed by atoms with Gasteiger partial charge in [0.15, 0.2) is 0 Å². The monoisotopic (exact) mass is 335 g/mol. The Hall–Kier alpha value is -0.469. The van der Waals surface area contributed by atoms with Crippen LogP contribution in [0.3, 0.4) is 0 Å². The van der Waals surface area contributed by atoms with Gasteiger partial charge in [-0.05, 0) is 12.1 Å². The fourth-order valence-electron chi connectivity index (χ4n) is 0.602. The zero-order valence-electron chi connectivity index (χ0n) is 8.34. The SMILES string of the molecule is COC(=O)O.NC(=O)c1ccccc1.[Ba]. The van der Waals surface area contributed by atoms with Crippen LogP contribution in [0.1, 0.15) is 10.4 Å². The predicted octanol–water partition coefficient (Wildman–Crippen LogP) is 0.716. The molecule has 78 valence electrons. The molecule has 0 spiro atoms. The Morgan fingerprint density at radius 2 is 1.67 bits per heavy atom. The van der Waals surface area contributed by atoms with E-state index in [1.165, 1.54) is 0 Å². The minimum atomic E-state index is -1.25. The molecule has 0 unspecified atom stereocenters. The fraction of sp³-hybridized carbons (Fsp3) is 0.111. The molecule has 1 amide bonds. The summed E-state index contributed by atoms with van der Waals surface area (Å²) in [7, 11) is 1.10. The Kier molecular flexibility index (Phi) is 11.4. The van der Waals surface area contributed by atoms with Crippen LogP contribution in [-0.2, 0) is 4.74 Å². The largest absolute Gasteiger partial charge is 0.505 e. The third kappa shape index (κ3) is 9.83. The number of ether oxygens (including phenoxy) is 1. The van der Waals surface area contributed by atoms with Crippen LogP contribution in [0.4, 0.5) is 4.79 Å². The maximum Gasteiger partial charge on any atom is 0.505 e. The molecule has 0 aromatic heterocycles. The molecule has 15 heavy (non-hydrogen) atoms. The summed E-state index contributed by atoms with van der Waals surface area (Å²) in [5.41, 5.74) is 5.53. The molecule has 3 N–H and O–H groups in total. The molecule has 0 aliphatic heterocycles. The normalized spacial score (nSPS) is 7.53. The van der Waals surface area contributed by atoms with Crippen molar-refractivity contribution in [3.05, 3.63) is 35.9 Å². The van der Waals surface area contributed by atoms with E-state index in [2.05, 4.69) is 4.74 Å². The topological polar surface area (TPSA) is 89.6 Å². The average molecular weight is 335 g/mol. The van der Waals surface area contributed by atoms with Crippen molar-refractivity contribution in [2.45, 2.75) is 0 Å². The first-order chi connectivity index (χ1) is 6.57. The van der Waals surface area contributed by atoms with Gasteiger partial charge in [0.05, 0.1) is 7.11 Å². The second-order valence-electron chi connectivity index (χ2n) is 2.20. The van der Waals surface area contributed by atoms with Crippen molar-refractivity contribution >= 4 is 60.9 Å². The zero-order chi connectivity index (χ0) is 11.0. The molecule has 0 aliphatic carbocycles. The molecular weight excluding hydrogens is 323 g/mol. The van der Waals surface area contributed by atoms with Crippen molar-refractivity contribution in [3.8, 4) is 0 Å². The van der Waals surface area contributed by atoms with E-state index in [-0.39, 0.29) is 54.8 Å². The van der Waals surface area contributed by atoms with E-state index in [0.29, 0.717) is 5.56 Å². The number of carbonyl (C=O) groups excluding carboxylic acids is 1. The quantitative estimate of drug-likeness (QED) is 0.585. The molecule has 0 heterocycles. The van der Waals surface area contributed by atoms with Crippen LogP contribution in [-0.4, -0.2) is 73.2 Å². The van der Waals surface area contributed by atoms with Crippen molar-refractivity contribution in [2.24, 2.45) is 5.73 Å². The van der Waals surface area contributed by atoms with Crippen LogP contribution < -0.4 is 5.73 Å². The Bertz CT molecular complexity index is 302. The van der Waals surface area contributed by atoms with Crippen LogP contribution in [0.2, 0.25) is 0 Å². The average Bonchev–Trinajstić information content (AvgIpc) is 2.20. The van der Waals surface area contributed by atoms with Gasteiger partial charge < -0.3 is 15.6 Å². The van der Waals surface area contributed by atoms with E-state index in [1.54, 1.807) is 24.3 Å². The molecule has 0 saturated carbocycles. The molecule has 1 aromatic rings. The second-order valence-corrected chi connectivity index (χ2v) is 2.20. The maximum atomic E-state index is 10.4. The van der Waals surface area contributed by atoms with Gasteiger partial charge in [-0.2, -0.15) is 0 Å². The Morgan fingerprint density at radius 3 is 1.87 bits per heavy atom. The first kappa shape index (κ1) is 16.9. The van der Waals surface area contributed by atoms with E-state index >= 15 is 0 Å². The van der Waals surface area contributed by atoms with Gasteiger partial charge in [0.1, 0.15) is 0 Å². The Labute approximate surface area is 128 Å². The number of hydrogen-bond acceptors (Lipinski definition) is 3. The summed E-state index contributed by atoms with van der Waals surface area (Å²) < 4.78 is 3.67. The molecule has 0 saturated heterocycles. The van der Waals surface area contributed by atoms with E-state index in [1.807, 2.05) is 6.07 Å². The fourth-order valence-corrected chi connectivity index (χ4v) is 0.602. The summed E-state index contributed by atoms with van der Waals surface area (Å²) >= 11 is 0. The van der Waals surface area contributed by atoms with Crippen LogP contribution >= 0.6 is 0 Å². The summed E-state index contributed by atoms with van der Waals surface area (Å²) in [5, 5.41) is 7.50. The van der Waals surface area contributed by atoms with Crippen molar-refractivity contribution in [2.75, 3.05) is 7.11 Å². The second kappa shape index (κ2) is 10.1. The molecule has 0 aliphatic rings. The van der Waals surface area contributed by atoms with E-state index in [4.69, 9.17) is 15.6 Å². The van der Waals surface area contributed by atoms with Gasteiger partial charge in [0.25, 0.3) is 0 Å². The smallest absolute Gasteiger partial charge is 0.450 e. The molecule has 0 bridgehead atoms. The molecule has 0 fully saturated rings. The van der Waals surface area contributed by atoms with Gasteiger partial charge in [0.2, 0.25) is 5.91 Å². The first-order valence-corrected chi connectivity index (χ1v) is 3.69. The van der Waals surface area contributed by atoms with Crippen molar-refractivity contribution in [3.63, 3.8) is 0 Å². The summed E-state index contributed by atoms with van der Waals surface area (Å²) in [6, 6.07) is 8.76. The Balaban J connectivity index is 0. The van der Waals surface area contributed by atoms with Crippen molar-refractivity contribution in [1.82, 2.24) is 0 Å². The minimum Gasteiger partial charge on any atom is -0.450 e. The van der Waals surface area contributed by atoms with Gasteiger partial charge in [-0.3, -0.25) is 4.79 Å². The van der Waals surface area contributed by atoms with Gasteiger partial charge in [-0.15, -0.1) is 0 Å². The zero-order valence-corrected chi connectivity index (χ0v) is 12.8. The van der Waals surface area contributed by atoms with Gasteiger partial charge in [-0.1, -0.05) is 18.2 Å². The Morgan fingerprint density at radius 1 is 1.27 bits per heavy atom. The summed E-state index contributed by atoms with van der Waals surface area (Å²) in [6.07, 6.45) is -1.25. The molecule has 6 heteroatoms. The third-order valence-electron chi connectivity index (χ3n) is 1.23. The van der Waals surface area contributed by atoms with Crippen LogP contribution in [0.15, 0.2) is 30.3 Å². The van der Waals surface area contributed by atoms with Gasteiger partial charge >= 0.3 is 6.16 Å². The number of benzene rings is 1. The number of rotatable bonds is 1. The minimum absolute atomic E-state index is 0. The molecule has 1 aromatic carbocycles. The number of carbonyl (C=O) groups is 2. The summed E-state index contributed by atoms with van der Waals surface area (Å²) in [5.74, 6) is -0.379.